The highest BCUT2D eigenvalue weighted by Crippen LogP contribution is 2.33. The summed E-state index contributed by atoms with van der Waals surface area (Å²) in [4.78, 5) is 16.4. The highest BCUT2D eigenvalue weighted by molar-refractivity contribution is 5.95. The summed E-state index contributed by atoms with van der Waals surface area (Å²) in [5.74, 6) is 1.41. The van der Waals surface area contributed by atoms with Gasteiger partial charge >= 0.3 is 0 Å². The van der Waals surface area contributed by atoms with Crippen LogP contribution in [0.25, 0.3) is 10.9 Å². The fraction of sp³-hybridized carbons (Fsp3) is 0.348. The molecule has 0 radical (unpaired) electrons. The third-order valence-corrected chi connectivity index (χ3v) is 5.23. The lowest BCUT2D eigenvalue weighted by Crippen LogP contribution is -2.41. The maximum absolute atomic E-state index is 13.0. The van der Waals surface area contributed by atoms with Gasteiger partial charge in [0.15, 0.2) is 11.5 Å². The number of amides is 1. The van der Waals surface area contributed by atoms with Gasteiger partial charge in [-0.2, -0.15) is 0 Å². The second-order valence-corrected chi connectivity index (χ2v) is 7.49. The van der Waals surface area contributed by atoms with Gasteiger partial charge in [-0.15, -0.1) is 0 Å². The molecular formula is C23H28N2O3. The fourth-order valence-corrected chi connectivity index (χ4v) is 3.77. The smallest absolute Gasteiger partial charge is 0.230 e. The number of methoxy groups -OCH3 is 2. The lowest BCUT2D eigenvalue weighted by atomic mass is 9.81. The van der Waals surface area contributed by atoms with Gasteiger partial charge in [0.25, 0.3) is 0 Å². The van der Waals surface area contributed by atoms with E-state index in [4.69, 9.17) is 9.47 Å². The van der Waals surface area contributed by atoms with Gasteiger partial charge in [-0.3, -0.25) is 4.79 Å². The molecule has 0 aliphatic rings. The molecule has 0 aliphatic carbocycles. The minimum absolute atomic E-state index is 0.0147. The van der Waals surface area contributed by atoms with Crippen molar-refractivity contribution in [3.05, 3.63) is 59.3 Å². The van der Waals surface area contributed by atoms with Crippen molar-refractivity contribution >= 4 is 16.8 Å². The summed E-state index contributed by atoms with van der Waals surface area (Å²) in [5.41, 5.74) is 3.58. The molecule has 28 heavy (non-hydrogen) atoms. The molecule has 0 fully saturated rings. The number of carbonyl (C=O) groups is 1. The molecule has 1 heterocycles. The first kappa shape index (κ1) is 19.8. The van der Waals surface area contributed by atoms with Crippen molar-refractivity contribution in [2.45, 2.75) is 32.6 Å². The zero-order valence-electron chi connectivity index (χ0n) is 17.2. The standard InChI is InChI=1S/C23H28N2O3/c1-15-21(17-8-6-7-9-18(17)25-15)23(2,3)22(26)24-13-12-16-10-11-19(27-4)20(14-16)28-5/h6-11,14,25H,12-13H2,1-5H3,(H,24,26). The first-order valence-electron chi connectivity index (χ1n) is 9.45. The van der Waals surface area contributed by atoms with Crippen LogP contribution in [0.5, 0.6) is 11.5 Å². The monoisotopic (exact) mass is 380 g/mol. The number of rotatable bonds is 7. The normalized spacial score (nSPS) is 11.5. The predicted octanol–water partition coefficient (Wildman–Crippen LogP) is 4.13. The quantitative estimate of drug-likeness (QED) is 0.648. The number of aryl methyl sites for hydroxylation is 1. The SMILES string of the molecule is COc1ccc(CCNC(=O)C(C)(C)c2c(C)[nH]c3ccccc23)cc1OC. The van der Waals surface area contributed by atoms with E-state index in [9.17, 15) is 4.79 Å². The van der Waals surface area contributed by atoms with E-state index in [2.05, 4.69) is 16.4 Å². The van der Waals surface area contributed by atoms with Crippen LogP contribution in [0, 0.1) is 6.92 Å². The lowest BCUT2D eigenvalue weighted by Gasteiger charge is -2.25. The number of fused-ring (bicyclic) bond motifs is 1. The number of hydrogen-bond acceptors (Lipinski definition) is 3. The van der Waals surface area contributed by atoms with Gasteiger partial charge in [0, 0.05) is 23.1 Å². The Kier molecular flexibility index (Phi) is 5.63. The van der Waals surface area contributed by atoms with E-state index in [1.807, 2.05) is 57.2 Å². The Hall–Kier alpha value is -2.95. The molecule has 3 rings (SSSR count). The van der Waals surface area contributed by atoms with Crippen molar-refractivity contribution in [1.82, 2.24) is 10.3 Å². The highest BCUT2D eigenvalue weighted by Gasteiger charge is 2.33. The second-order valence-electron chi connectivity index (χ2n) is 7.49. The predicted molar refractivity (Wildman–Crippen MR) is 112 cm³/mol. The molecule has 148 valence electrons. The summed E-state index contributed by atoms with van der Waals surface area (Å²) in [6.45, 7) is 6.52. The molecule has 2 N–H and O–H groups in total. The third kappa shape index (κ3) is 3.70. The molecule has 2 aromatic carbocycles. The number of aromatic nitrogens is 1. The Labute approximate surface area is 166 Å². The Bertz CT molecular complexity index is 989. The number of aromatic amines is 1. The first-order valence-corrected chi connectivity index (χ1v) is 9.45. The van der Waals surface area contributed by atoms with Crippen LogP contribution in [0.4, 0.5) is 0 Å². The van der Waals surface area contributed by atoms with Crippen molar-refractivity contribution in [2.24, 2.45) is 0 Å². The molecule has 3 aromatic rings. The zero-order chi connectivity index (χ0) is 20.3. The van der Waals surface area contributed by atoms with Crippen LogP contribution in [0.15, 0.2) is 42.5 Å². The Morgan fingerprint density at radius 1 is 1.07 bits per heavy atom. The molecular weight excluding hydrogens is 352 g/mol. The van der Waals surface area contributed by atoms with Crippen LogP contribution in [-0.4, -0.2) is 31.7 Å². The molecule has 5 heteroatoms. The summed E-state index contributed by atoms with van der Waals surface area (Å²) in [7, 11) is 3.24. The molecule has 0 unspecified atom stereocenters. The Balaban J connectivity index is 1.71. The van der Waals surface area contributed by atoms with E-state index in [0.29, 0.717) is 18.0 Å². The molecule has 0 saturated heterocycles. The van der Waals surface area contributed by atoms with E-state index in [0.717, 1.165) is 34.1 Å². The Morgan fingerprint density at radius 3 is 2.50 bits per heavy atom. The molecule has 0 atom stereocenters. The van der Waals surface area contributed by atoms with Gasteiger partial charge < -0.3 is 19.8 Å². The van der Waals surface area contributed by atoms with Crippen molar-refractivity contribution in [3.63, 3.8) is 0 Å². The van der Waals surface area contributed by atoms with Crippen molar-refractivity contribution in [3.8, 4) is 11.5 Å². The molecule has 1 aromatic heterocycles. The van der Waals surface area contributed by atoms with E-state index in [1.54, 1.807) is 14.2 Å². The number of H-pyrrole nitrogens is 1. The summed E-state index contributed by atoms with van der Waals surface area (Å²) in [6.07, 6.45) is 0.717. The van der Waals surface area contributed by atoms with Gasteiger partial charge in [-0.1, -0.05) is 24.3 Å². The molecule has 0 saturated carbocycles. The molecule has 0 aliphatic heterocycles. The number of hydrogen-bond donors (Lipinski definition) is 2. The number of ether oxygens (including phenoxy) is 2. The minimum atomic E-state index is -0.638. The van der Waals surface area contributed by atoms with Crippen LogP contribution < -0.4 is 14.8 Å². The maximum Gasteiger partial charge on any atom is 0.230 e. The largest absolute Gasteiger partial charge is 0.493 e. The molecule has 1 amide bonds. The van der Waals surface area contributed by atoms with Gasteiger partial charge in [0.05, 0.1) is 19.6 Å². The number of nitrogens with one attached hydrogen (secondary N) is 2. The fourth-order valence-electron chi connectivity index (χ4n) is 3.77. The van der Waals surface area contributed by atoms with Crippen molar-refractivity contribution in [1.29, 1.82) is 0 Å². The Morgan fingerprint density at radius 2 is 1.79 bits per heavy atom. The van der Waals surface area contributed by atoms with E-state index >= 15 is 0 Å². The van der Waals surface area contributed by atoms with Crippen LogP contribution in [0.3, 0.4) is 0 Å². The maximum atomic E-state index is 13.0. The minimum Gasteiger partial charge on any atom is -0.493 e. The van der Waals surface area contributed by atoms with Gasteiger partial charge in [-0.05, 0) is 56.5 Å². The second kappa shape index (κ2) is 7.97. The van der Waals surface area contributed by atoms with Gasteiger partial charge in [0.1, 0.15) is 0 Å². The average molecular weight is 380 g/mol. The van der Waals surface area contributed by atoms with E-state index in [1.165, 1.54) is 0 Å². The van der Waals surface area contributed by atoms with E-state index in [-0.39, 0.29) is 5.91 Å². The van der Waals surface area contributed by atoms with Crippen LogP contribution in [0.2, 0.25) is 0 Å². The average Bonchev–Trinajstić information content (AvgIpc) is 3.03. The van der Waals surface area contributed by atoms with Crippen LogP contribution in [0.1, 0.15) is 30.7 Å². The number of benzene rings is 2. The lowest BCUT2D eigenvalue weighted by molar-refractivity contribution is -0.125. The highest BCUT2D eigenvalue weighted by atomic mass is 16.5. The molecule has 5 nitrogen and oxygen atoms in total. The third-order valence-electron chi connectivity index (χ3n) is 5.23. The molecule has 0 spiro atoms. The molecule has 0 bridgehead atoms. The van der Waals surface area contributed by atoms with Crippen LogP contribution in [-0.2, 0) is 16.6 Å². The topological polar surface area (TPSA) is 63.3 Å². The van der Waals surface area contributed by atoms with Gasteiger partial charge in [0.2, 0.25) is 5.91 Å². The van der Waals surface area contributed by atoms with Crippen LogP contribution >= 0.6 is 0 Å². The summed E-state index contributed by atoms with van der Waals surface area (Å²) >= 11 is 0. The van der Waals surface area contributed by atoms with Crippen molar-refractivity contribution < 1.29 is 14.3 Å². The number of carbonyl (C=O) groups excluding carboxylic acids is 1. The first-order chi connectivity index (χ1) is 13.4. The number of para-hydroxylation sites is 1. The summed E-state index contributed by atoms with van der Waals surface area (Å²) in [5, 5.41) is 4.19. The summed E-state index contributed by atoms with van der Waals surface area (Å²) in [6, 6.07) is 13.9. The van der Waals surface area contributed by atoms with Crippen molar-refractivity contribution in [2.75, 3.05) is 20.8 Å². The van der Waals surface area contributed by atoms with Gasteiger partial charge in [-0.25, -0.2) is 0 Å². The van der Waals surface area contributed by atoms with E-state index < -0.39 is 5.41 Å². The summed E-state index contributed by atoms with van der Waals surface area (Å²) < 4.78 is 10.6. The zero-order valence-corrected chi connectivity index (χ0v) is 17.2.